The zero-order chi connectivity index (χ0) is 15.5. The molecule has 0 atom stereocenters. The normalized spacial score (nSPS) is 11.2. The molecule has 0 aliphatic heterocycles. The van der Waals surface area contributed by atoms with Crippen molar-refractivity contribution in [2.45, 2.75) is 32.8 Å². The molecule has 2 rings (SSSR count). The van der Waals surface area contributed by atoms with E-state index < -0.39 is 5.97 Å². The van der Waals surface area contributed by atoms with E-state index in [0.29, 0.717) is 5.76 Å². The first-order valence-corrected chi connectivity index (χ1v) is 6.80. The molecular formula is C17H20O4. The topological polar surface area (TPSA) is 48.7 Å². The minimum atomic E-state index is -0.490. The van der Waals surface area contributed by atoms with E-state index in [1.54, 1.807) is 12.1 Å². The molecule has 2 aromatic rings. The van der Waals surface area contributed by atoms with Gasteiger partial charge in [-0.1, -0.05) is 32.9 Å². The van der Waals surface area contributed by atoms with Gasteiger partial charge < -0.3 is 13.9 Å². The number of hydrogen-bond acceptors (Lipinski definition) is 4. The van der Waals surface area contributed by atoms with Crippen LogP contribution in [-0.2, 0) is 16.8 Å². The average molecular weight is 288 g/mol. The van der Waals surface area contributed by atoms with E-state index in [1.807, 2.05) is 12.1 Å². The number of ether oxygens (including phenoxy) is 2. The summed E-state index contributed by atoms with van der Waals surface area (Å²) in [6.07, 6.45) is 0. The van der Waals surface area contributed by atoms with Crippen LogP contribution in [0.25, 0.3) is 0 Å². The third-order valence-electron chi connectivity index (χ3n) is 3.15. The Labute approximate surface area is 124 Å². The van der Waals surface area contributed by atoms with Crippen molar-refractivity contribution in [1.29, 1.82) is 0 Å². The quantitative estimate of drug-likeness (QED) is 0.799. The van der Waals surface area contributed by atoms with Crippen LogP contribution in [0, 0.1) is 0 Å². The summed E-state index contributed by atoms with van der Waals surface area (Å²) in [5.74, 6) is 1.03. The standard InChI is InChI=1S/C17H20O4/c1-17(2,3)12-5-7-13(8-6-12)20-11-14-9-10-15(21-14)16(18)19-4/h5-10H,11H2,1-4H3. The Morgan fingerprint density at radius 1 is 1.10 bits per heavy atom. The number of methoxy groups -OCH3 is 1. The van der Waals surface area contributed by atoms with E-state index in [4.69, 9.17) is 9.15 Å². The molecule has 0 radical (unpaired) electrons. The molecule has 0 aliphatic rings. The van der Waals surface area contributed by atoms with Crippen LogP contribution in [0.1, 0.15) is 42.6 Å². The Hall–Kier alpha value is -2.23. The van der Waals surface area contributed by atoms with Gasteiger partial charge in [0.05, 0.1) is 7.11 Å². The van der Waals surface area contributed by atoms with Crippen LogP contribution in [0.3, 0.4) is 0 Å². The molecular weight excluding hydrogens is 268 g/mol. The van der Waals surface area contributed by atoms with Crippen molar-refractivity contribution in [1.82, 2.24) is 0 Å². The Morgan fingerprint density at radius 2 is 1.76 bits per heavy atom. The van der Waals surface area contributed by atoms with E-state index in [1.165, 1.54) is 12.7 Å². The highest BCUT2D eigenvalue weighted by atomic mass is 16.5. The van der Waals surface area contributed by atoms with E-state index >= 15 is 0 Å². The Balaban J connectivity index is 1.97. The second-order valence-electron chi connectivity index (χ2n) is 5.82. The maximum Gasteiger partial charge on any atom is 0.373 e. The smallest absolute Gasteiger partial charge is 0.373 e. The molecule has 0 unspecified atom stereocenters. The Kier molecular flexibility index (Phi) is 4.36. The lowest BCUT2D eigenvalue weighted by atomic mass is 9.87. The van der Waals surface area contributed by atoms with Crippen molar-refractivity contribution < 1.29 is 18.7 Å². The summed E-state index contributed by atoms with van der Waals surface area (Å²) >= 11 is 0. The Bertz CT molecular complexity index is 602. The lowest BCUT2D eigenvalue weighted by Crippen LogP contribution is -2.10. The maximum atomic E-state index is 11.3. The molecule has 1 aromatic heterocycles. The first-order chi connectivity index (χ1) is 9.90. The summed E-state index contributed by atoms with van der Waals surface area (Å²) in [6.45, 7) is 6.77. The van der Waals surface area contributed by atoms with Crippen molar-refractivity contribution in [3.8, 4) is 5.75 Å². The van der Waals surface area contributed by atoms with Crippen LogP contribution in [0.2, 0.25) is 0 Å². The fraction of sp³-hybridized carbons (Fsp3) is 0.353. The summed E-state index contributed by atoms with van der Waals surface area (Å²) in [4.78, 5) is 11.3. The monoisotopic (exact) mass is 288 g/mol. The first-order valence-electron chi connectivity index (χ1n) is 6.80. The molecule has 0 saturated carbocycles. The van der Waals surface area contributed by atoms with Crippen molar-refractivity contribution in [3.05, 3.63) is 53.5 Å². The van der Waals surface area contributed by atoms with Gasteiger partial charge in [0.2, 0.25) is 5.76 Å². The van der Waals surface area contributed by atoms with Gasteiger partial charge >= 0.3 is 5.97 Å². The molecule has 1 aromatic carbocycles. The Morgan fingerprint density at radius 3 is 2.33 bits per heavy atom. The van der Waals surface area contributed by atoms with Crippen LogP contribution in [0.4, 0.5) is 0 Å². The SMILES string of the molecule is COC(=O)c1ccc(COc2ccc(C(C)(C)C)cc2)o1. The molecule has 112 valence electrons. The van der Waals surface area contributed by atoms with Gasteiger partial charge in [0.25, 0.3) is 0 Å². The summed E-state index contributed by atoms with van der Waals surface area (Å²) < 4.78 is 15.6. The van der Waals surface area contributed by atoms with Gasteiger partial charge in [0, 0.05) is 0 Å². The number of esters is 1. The molecule has 0 fully saturated rings. The van der Waals surface area contributed by atoms with Crippen LogP contribution in [0.5, 0.6) is 5.75 Å². The number of benzene rings is 1. The average Bonchev–Trinajstić information content (AvgIpc) is 2.92. The minimum Gasteiger partial charge on any atom is -0.486 e. The molecule has 0 aliphatic carbocycles. The van der Waals surface area contributed by atoms with Crippen molar-refractivity contribution in [3.63, 3.8) is 0 Å². The second-order valence-corrected chi connectivity index (χ2v) is 5.82. The van der Waals surface area contributed by atoms with Gasteiger partial charge in [-0.2, -0.15) is 0 Å². The van der Waals surface area contributed by atoms with Crippen molar-refractivity contribution in [2.24, 2.45) is 0 Å². The number of rotatable bonds is 4. The largest absolute Gasteiger partial charge is 0.486 e. The molecule has 21 heavy (non-hydrogen) atoms. The number of hydrogen-bond donors (Lipinski definition) is 0. The van der Waals surface area contributed by atoms with Gasteiger partial charge in [-0.05, 0) is 35.2 Å². The lowest BCUT2D eigenvalue weighted by Gasteiger charge is -2.19. The van der Waals surface area contributed by atoms with Gasteiger partial charge in [-0.3, -0.25) is 0 Å². The lowest BCUT2D eigenvalue weighted by molar-refractivity contribution is 0.0561. The van der Waals surface area contributed by atoms with Crippen LogP contribution < -0.4 is 4.74 Å². The van der Waals surface area contributed by atoms with Crippen molar-refractivity contribution >= 4 is 5.97 Å². The highest BCUT2D eigenvalue weighted by molar-refractivity contribution is 5.86. The maximum absolute atomic E-state index is 11.3. The number of carbonyl (C=O) groups is 1. The number of carbonyl (C=O) groups excluding carboxylic acids is 1. The van der Waals surface area contributed by atoms with Gasteiger partial charge in [0.1, 0.15) is 18.1 Å². The fourth-order valence-electron chi connectivity index (χ4n) is 1.87. The van der Waals surface area contributed by atoms with Crippen LogP contribution >= 0.6 is 0 Å². The molecule has 0 spiro atoms. The highest BCUT2D eigenvalue weighted by Gasteiger charge is 2.14. The van der Waals surface area contributed by atoms with Crippen molar-refractivity contribution in [2.75, 3.05) is 7.11 Å². The van der Waals surface area contributed by atoms with E-state index in [0.717, 1.165) is 5.75 Å². The van der Waals surface area contributed by atoms with E-state index in [9.17, 15) is 4.79 Å². The van der Waals surface area contributed by atoms with Crippen LogP contribution in [0.15, 0.2) is 40.8 Å². The molecule has 0 bridgehead atoms. The minimum absolute atomic E-state index is 0.120. The predicted molar refractivity (Wildman–Crippen MR) is 79.5 cm³/mol. The first kappa shape index (κ1) is 15.2. The van der Waals surface area contributed by atoms with E-state index in [2.05, 4.69) is 37.6 Å². The van der Waals surface area contributed by atoms with Gasteiger partial charge in [-0.15, -0.1) is 0 Å². The summed E-state index contributed by atoms with van der Waals surface area (Å²) in [7, 11) is 1.32. The zero-order valence-corrected chi connectivity index (χ0v) is 12.8. The number of furan rings is 1. The van der Waals surface area contributed by atoms with Crippen LogP contribution in [-0.4, -0.2) is 13.1 Å². The molecule has 1 heterocycles. The third kappa shape index (κ3) is 3.88. The summed E-state index contributed by atoms with van der Waals surface area (Å²) in [6, 6.07) is 11.3. The predicted octanol–water partition coefficient (Wildman–Crippen LogP) is 3.94. The molecule has 0 saturated heterocycles. The highest BCUT2D eigenvalue weighted by Crippen LogP contribution is 2.24. The molecule has 4 heteroatoms. The molecule has 0 amide bonds. The molecule has 4 nitrogen and oxygen atoms in total. The third-order valence-corrected chi connectivity index (χ3v) is 3.15. The van der Waals surface area contributed by atoms with E-state index in [-0.39, 0.29) is 17.8 Å². The second kappa shape index (κ2) is 6.04. The van der Waals surface area contributed by atoms with Gasteiger partial charge in [0.15, 0.2) is 0 Å². The fourth-order valence-corrected chi connectivity index (χ4v) is 1.87. The summed E-state index contributed by atoms with van der Waals surface area (Å²) in [5.41, 5.74) is 1.37. The summed E-state index contributed by atoms with van der Waals surface area (Å²) in [5, 5.41) is 0. The molecule has 0 N–H and O–H groups in total. The van der Waals surface area contributed by atoms with Gasteiger partial charge in [-0.25, -0.2) is 4.79 Å². The zero-order valence-electron chi connectivity index (χ0n) is 12.8.